The zero-order chi connectivity index (χ0) is 21.4. The van der Waals surface area contributed by atoms with Crippen molar-refractivity contribution in [1.82, 2.24) is 10.6 Å². The van der Waals surface area contributed by atoms with Gasteiger partial charge in [0, 0.05) is 19.8 Å². The molecular formula is C21H24FN3O4. The summed E-state index contributed by atoms with van der Waals surface area (Å²) in [4.78, 5) is 36.2. The van der Waals surface area contributed by atoms with Crippen LogP contribution in [0.1, 0.15) is 18.1 Å². The minimum Gasteiger partial charge on any atom is -0.496 e. The number of para-hydroxylation sites is 1. The number of carbonyl (C=O) groups is 3. The molecule has 7 nitrogen and oxygen atoms in total. The molecule has 0 aliphatic rings. The van der Waals surface area contributed by atoms with E-state index in [4.69, 9.17) is 10.5 Å². The molecule has 154 valence electrons. The zero-order valence-electron chi connectivity index (χ0n) is 16.3. The quantitative estimate of drug-likeness (QED) is 0.584. The van der Waals surface area contributed by atoms with E-state index in [-0.39, 0.29) is 18.4 Å². The Morgan fingerprint density at radius 1 is 0.966 bits per heavy atom. The highest BCUT2D eigenvalue weighted by Crippen LogP contribution is 2.19. The van der Waals surface area contributed by atoms with Crippen molar-refractivity contribution in [2.24, 2.45) is 5.73 Å². The van der Waals surface area contributed by atoms with Crippen LogP contribution in [-0.4, -0.2) is 36.9 Å². The lowest BCUT2D eigenvalue weighted by atomic mass is 10.0. The predicted molar refractivity (Wildman–Crippen MR) is 106 cm³/mol. The van der Waals surface area contributed by atoms with Gasteiger partial charge in [-0.05, 0) is 23.3 Å². The van der Waals surface area contributed by atoms with Gasteiger partial charge in [0.2, 0.25) is 17.7 Å². The van der Waals surface area contributed by atoms with E-state index < -0.39 is 35.6 Å². The van der Waals surface area contributed by atoms with Gasteiger partial charge >= 0.3 is 0 Å². The fraction of sp³-hybridized carbons (Fsp3) is 0.286. The van der Waals surface area contributed by atoms with Crippen molar-refractivity contribution < 1.29 is 23.5 Å². The van der Waals surface area contributed by atoms with Gasteiger partial charge in [0.25, 0.3) is 0 Å². The van der Waals surface area contributed by atoms with Crippen LogP contribution in [0.5, 0.6) is 5.75 Å². The van der Waals surface area contributed by atoms with Gasteiger partial charge in [-0.2, -0.15) is 0 Å². The van der Waals surface area contributed by atoms with Crippen molar-refractivity contribution in [3.63, 3.8) is 0 Å². The molecule has 0 heterocycles. The maximum Gasteiger partial charge on any atom is 0.243 e. The summed E-state index contributed by atoms with van der Waals surface area (Å²) in [6.45, 7) is 1.25. The molecule has 0 unspecified atom stereocenters. The Morgan fingerprint density at radius 3 is 2.14 bits per heavy atom. The summed E-state index contributed by atoms with van der Waals surface area (Å²) in [6, 6.07) is 10.9. The minimum atomic E-state index is -1.07. The number of rotatable bonds is 9. The second-order valence-electron chi connectivity index (χ2n) is 6.53. The first-order chi connectivity index (χ1) is 13.8. The summed E-state index contributed by atoms with van der Waals surface area (Å²) in [7, 11) is 1.50. The van der Waals surface area contributed by atoms with Crippen LogP contribution in [-0.2, 0) is 27.2 Å². The second kappa shape index (κ2) is 10.2. The first-order valence-corrected chi connectivity index (χ1v) is 9.04. The SMILES string of the molecule is COc1ccccc1C[C@H](NC(=O)[C@H](Cc1ccccc1F)NC(C)=O)C(N)=O. The van der Waals surface area contributed by atoms with E-state index in [2.05, 4.69) is 10.6 Å². The van der Waals surface area contributed by atoms with Crippen molar-refractivity contribution in [2.75, 3.05) is 7.11 Å². The average molecular weight is 401 g/mol. The number of nitrogens with one attached hydrogen (secondary N) is 2. The van der Waals surface area contributed by atoms with Crippen LogP contribution in [0, 0.1) is 5.82 Å². The monoisotopic (exact) mass is 401 g/mol. The molecule has 0 aromatic heterocycles. The molecule has 3 amide bonds. The molecule has 0 fully saturated rings. The van der Waals surface area contributed by atoms with E-state index in [1.807, 2.05) is 0 Å². The Balaban J connectivity index is 2.18. The van der Waals surface area contributed by atoms with Crippen LogP contribution in [0.4, 0.5) is 4.39 Å². The normalized spacial score (nSPS) is 12.5. The molecular weight excluding hydrogens is 377 g/mol. The van der Waals surface area contributed by atoms with Crippen molar-refractivity contribution in [1.29, 1.82) is 0 Å². The summed E-state index contributed by atoms with van der Waals surface area (Å²) >= 11 is 0. The van der Waals surface area contributed by atoms with Gasteiger partial charge in [-0.15, -0.1) is 0 Å². The largest absolute Gasteiger partial charge is 0.496 e. The van der Waals surface area contributed by atoms with Gasteiger partial charge in [0.15, 0.2) is 0 Å². The zero-order valence-corrected chi connectivity index (χ0v) is 16.3. The third-order valence-corrected chi connectivity index (χ3v) is 4.35. The lowest BCUT2D eigenvalue weighted by Crippen LogP contribution is -2.54. The Hall–Kier alpha value is -3.42. The molecule has 0 spiro atoms. The molecule has 4 N–H and O–H groups in total. The molecule has 0 bridgehead atoms. The first-order valence-electron chi connectivity index (χ1n) is 9.04. The standard InChI is InChI=1S/C21H24FN3O4/c1-13(26)24-18(11-14-7-3-5-9-16(14)22)21(28)25-17(20(23)27)12-15-8-4-6-10-19(15)29-2/h3-10,17-18H,11-12H2,1-2H3,(H2,23,27)(H,24,26)(H,25,28)/t17-,18-/m0/s1. The molecule has 0 saturated heterocycles. The van der Waals surface area contributed by atoms with Crippen molar-refractivity contribution in [3.05, 3.63) is 65.5 Å². The van der Waals surface area contributed by atoms with Crippen LogP contribution in [0.15, 0.2) is 48.5 Å². The Labute approximate surface area is 168 Å². The summed E-state index contributed by atoms with van der Waals surface area (Å²) in [5, 5.41) is 5.05. The number of nitrogens with two attached hydrogens (primary N) is 1. The van der Waals surface area contributed by atoms with E-state index >= 15 is 0 Å². The molecule has 29 heavy (non-hydrogen) atoms. The highest BCUT2D eigenvalue weighted by atomic mass is 19.1. The predicted octanol–water partition coefficient (Wildman–Crippen LogP) is 1.09. The number of ether oxygens (including phenoxy) is 1. The second-order valence-corrected chi connectivity index (χ2v) is 6.53. The molecule has 2 aromatic rings. The number of benzene rings is 2. The van der Waals surface area contributed by atoms with Crippen LogP contribution in [0.25, 0.3) is 0 Å². The summed E-state index contributed by atoms with van der Waals surface area (Å²) in [6.07, 6.45) is 0.0375. The van der Waals surface area contributed by atoms with Crippen molar-refractivity contribution >= 4 is 17.7 Å². The van der Waals surface area contributed by atoms with Crippen LogP contribution < -0.4 is 21.1 Å². The number of amides is 3. The molecule has 0 radical (unpaired) electrons. The summed E-state index contributed by atoms with van der Waals surface area (Å²) in [5.74, 6) is -1.77. The highest BCUT2D eigenvalue weighted by molar-refractivity contribution is 5.91. The van der Waals surface area contributed by atoms with E-state index in [1.165, 1.54) is 32.2 Å². The molecule has 0 aliphatic heterocycles. The van der Waals surface area contributed by atoms with Crippen LogP contribution >= 0.6 is 0 Å². The van der Waals surface area contributed by atoms with Crippen LogP contribution in [0.3, 0.4) is 0 Å². The Bertz CT molecular complexity index is 888. The van der Waals surface area contributed by atoms with Gasteiger partial charge in [0.05, 0.1) is 7.11 Å². The molecule has 0 aliphatic carbocycles. The van der Waals surface area contributed by atoms with Gasteiger partial charge in [-0.3, -0.25) is 14.4 Å². The van der Waals surface area contributed by atoms with Gasteiger partial charge in [-0.1, -0.05) is 36.4 Å². The molecule has 2 aromatic carbocycles. The summed E-state index contributed by atoms with van der Waals surface area (Å²) < 4.78 is 19.2. The minimum absolute atomic E-state index is 0.0712. The topological polar surface area (TPSA) is 111 Å². The fourth-order valence-electron chi connectivity index (χ4n) is 2.93. The van der Waals surface area contributed by atoms with E-state index in [9.17, 15) is 18.8 Å². The van der Waals surface area contributed by atoms with Gasteiger partial charge in [0.1, 0.15) is 23.7 Å². The number of methoxy groups -OCH3 is 1. The average Bonchev–Trinajstić information content (AvgIpc) is 2.68. The third-order valence-electron chi connectivity index (χ3n) is 4.35. The van der Waals surface area contributed by atoms with E-state index in [1.54, 1.807) is 30.3 Å². The van der Waals surface area contributed by atoms with E-state index in [0.29, 0.717) is 11.3 Å². The maximum atomic E-state index is 14.0. The maximum absolute atomic E-state index is 14.0. The number of halogens is 1. The lowest BCUT2D eigenvalue weighted by molar-refractivity contribution is -0.130. The number of hydrogen-bond acceptors (Lipinski definition) is 4. The molecule has 2 rings (SSSR count). The Morgan fingerprint density at radius 2 is 1.55 bits per heavy atom. The van der Waals surface area contributed by atoms with Gasteiger partial charge in [-0.25, -0.2) is 4.39 Å². The van der Waals surface area contributed by atoms with Gasteiger partial charge < -0.3 is 21.1 Å². The third kappa shape index (κ3) is 6.31. The van der Waals surface area contributed by atoms with Crippen molar-refractivity contribution in [3.8, 4) is 5.75 Å². The number of primary amides is 1. The van der Waals surface area contributed by atoms with Crippen LogP contribution in [0.2, 0.25) is 0 Å². The lowest BCUT2D eigenvalue weighted by Gasteiger charge is -2.22. The smallest absolute Gasteiger partial charge is 0.243 e. The summed E-state index contributed by atoms with van der Waals surface area (Å²) in [5.41, 5.74) is 6.41. The van der Waals surface area contributed by atoms with E-state index in [0.717, 1.165) is 0 Å². The first kappa shape index (κ1) is 21.9. The molecule has 8 heteroatoms. The molecule has 2 atom stereocenters. The fourth-order valence-corrected chi connectivity index (χ4v) is 2.93. The highest BCUT2D eigenvalue weighted by Gasteiger charge is 2.26. The number of hydrogen-bond donors (Lipinski definition) is 3. The van der Waals surface area contributed by atoms with Crippen molar-refractivity contribution in [2.45, 2.75) is 31.8 Å². The number of carbonyl (C=O) groups excluding carboxylic acids is 3. The Kier molecular flexibility index (Phi) is 7.70. The molecule has 0 saturated carbocycles.